The minimum absolute atomic E-state index is 0.00174. The van der Waals surface area contributed by atoms with Gasteiger partial charge in [0.25, 0.3) is 0 Å². The van der Waals surface area contributed by atoms with Crippen LogP contribution in [0.3, 0.4) is 0 Å². The number of esters is 1. The molecular weight excluding hydrogens is 372 g/mol. The number of amides is 2. The second kappa shape index (κ2) is 9.76. The van der Waals surface area contributed by atoms with E-state index in [-0.39, 0.29) is 18.4 Å². The average Bonchev–Trinajstić information content (AvgIpc) is 3.13. The number of likely N-dealkylation sites (tertiary alicyclic amines) is 1. The molecule has 0 aromatic heterocycles. The van der Waals surface area contributed by atoms with Crippen molar-refractivity contribution in [3.63, 3.8) is 0 Å². The maximum absolute atomic E-state index is 12.9. The fourth-order valence-electron chi connectivity index (χ4n) is 4.21. The highest BCUT2D eigenvalue weighted by Crippen LogP contribution is 2.37. The summed E-state index contributed by atoms with van der Waals surface area (Å²) in [7, 11) is 0. The molecule has 1 atom stereocenters. The standard InChI is InChI=1S/C22H30N2O5/c1-2-28-20(26)22(11-6-10-18-8-4-3-5-9-18)12-7-13-24(17-22)19(25)16-23-14-15-29-21(23)27/h3-5,8-9H,2,6-7,10-17H2,1H3/t22-/m0/s1. The summed E-state index contributed by atoms with van der Waals surface area (Å²) in [6.45, 7) is 3.83. The van der Waals surface area contributed by atoms with Crippen molar-refractivity contribution in [2.24, 2.45) is 5.41 Å². The van der Waals surface area contributed by atoms with Crippen LogP contribution in [-0.2, 0) is 25.5 Å². The first-order valence-electron chi connectivity index (χ1n) is 10.4. The van der Waals surface area contributed by atoms with Crippen LogP contribution in [0.15, 0.2) is 30.3 Å². The van der Waals surface area contributed by atoms with Gasteiger partial charge in [-0.3, -0.25) is 14.5 Å². The van der Waals surface area contributed by atoms with Gasteiger partial charge in [0.2, 0.25) is 5.91 Å². The van der Waals surface area contributed by atoms with Crippen LogP contribution in [0, 0.1) is 5.41 Å². The Morgan fingerprint density at radius 1 is 1.21 bits per heavy atom. The Hall–Kier alpha value is -2.57. The zero-order chi connectivity index (χ0) is 20.7. The van der Waals surface area contributed by atoms with Gasteiger partial charge >= 0.3 is 12.1 Å². The van der Waals surface area contributed by atoms with Gasteiger partial charge in [-0.1, -0.05) is 30.3 Å². The van der Waals surface area contributed by atoms with E-state index in [1.807, 2.05) is 18.2 Å². The van der Waals surface area contributed by atoms with Crippen LogP contribution in [0.25, 0.3) is 0 Å². The van der Waals surface area contributed by atoms with Gasteiger partial charge in [-0.15, -0.1) is 0 Å². The predicted molar refractivity (Wildman–Crippen MR) is 107 cm³/mol. The van der Waals surface area contributed by atoms with Gasteiger partial charge in [0.15, 0.2) is 0 Å². The van der Waals surface area contributed by atoms with Crippen molar-refractivity contribution in [2.45, 2.75) is 39.0 Å². The summed E-state index contributed by atoms with van der Waals surface area (Å²) in [6.07, 6.45) is 3.43. The van der Waals surface area contributed by atoms with Gasteiger partial charge in [0.05, 0.1) is 18.6 Å². The molecule has 2 heterocycles. The third kappa shape index (κ3) is 5.28. The highest BCUT2D eigenvalue weighted by atomic mass is 16.6. The largest absolute Gasteiger partial charge is 0.466 e. The lowest BCUT2D eigenvalue weighted by molar-refractivity contribution is -0.161. The molecule has 0 saturated carbocycles. The number of hydrogen-bond donors (Lipinski definition) is 0. The molecule has 2 fully saturated rings. The number of aryl methyl sites for hydroxylation is 1. The van der Waals surface area contributed by atoms with E-state index in [1.165, 1.54) is 10.5 Å². The van der Waals surface area contributed by atoms with Gasteiger partial charge in [-0.2, -0.15) is 0 Å². The molecule has 0 spiro atoms. The second-order valence-electron chi connectivity index (χ2n) is 7.79. The second-order valence-corrected chi connectivity index (χ2v) is 7.79. The van der Waals surface area contributed by atoms with E-state index in [4.69, 9.17) is 9.47 Å². The van der Waals surface area contributed by atoms with E-state index in [0.717, 1.165) is 25.7 Å². The quantitative estimate of drug-likeness (QED) is 0.625. The first-order valence-corrected chi connectivity index (χ1v) is 10.4. The third-order valence-electron chi connectivity index (χ3n) is 5.77. The molecule has 0 N–H and O–H groups in total. The minimum Gasteiger partial charge on any atom is -0.466 e. The summed E-state index contributed by atoms with van der Waals surface area (Å²) in [5.74, 6) is -0.355. The van der Waals surface area contributed by atoms with Gasteiger partial charge in [-0.25, -0.2) is 4.79 Å². The topological polar surface area (TPSA) is 76.2 Å². The fourth-order valence-corrected chi connectivity index (χ4v) is 4.21. The summed E-state index contributed by atoms with van der Waals surface area (Å²) < 4.78 is 10.3. The maximum Gasteiger partial charge on any atom is 0.410 e. The first-order chi connectivity index (χ1) is 14.0. The Labute approximate surface area is 171 Å². The molecule has 3 rings (SSSR count). The smallest absolute Gasteiger partial charge is 0.410 e. The Kier molecular flexibility index (Phi) is 7.12. The number of piperidine rings is 1. The van der Waals surface area contributed by atoms with E-state index in [0.29, 0.717) is 39.3 Å². The molecule has 2 aliphatic heterocycles. The molecule has 29 heavy (non-hydrogen) atoms. The van der Waals surface area contributed by atoms with Crippen LogP contribution in [-0.4, -0.2) is 67.2 Å². The molecular formula is C22H30N2O5. The molecule has 0 bridgehead atoms. The van der Waals surface area contributed by atoms with Crippen LogP contribution in [0.5, 0.6) is 0 Å². The number of hydrogen-bond acceptors (Lipinski definition) is 5. The molecule has 2 saturated heterocycles. The first kappa shape index (κ1) is 21.1. The van der Waals surface area contributed by atoms with E-state index in [1.54, 1.807) is 11.8 Å². The zero-order valence-corrected chi connectivity index (χ0v) is 17.1. The number of rotatable bonds is 8. The molecule has 7 heteroatoms. The van der Waals surface area contributed by atoms with Crippen LogP contribution >= 0.6 is 0 Å². The Bertz CT molecular complexity index is 723. The average molecular weight is 402 g/mol. The molecule has 7 nitrogen and oxygen atoms in total. The van der Waals surface area contributed by atoms with Crippen molar-refractivity contribution in [3.05, 3.63) is 35.9 Å². The molecule has 2 amide bonds. The van der Waals surface area contributed by atoms with Crippen molar-refractivity contribution in [1.29, 1.82) is 0 Å². The van der Waals surface area contributed by atoms with Crippen LogP contribution in [0.4, 0.5) is 4.79 Å². The summed E-state index contributed by atoms with van der Waals surface area (Å²) >= 11 is 0. The number of carbonyl (C=O) groups excluding carboxylic acids is 3. The van der Waals surface area contributed by atoms with Crippen molar-refractivity contribution in [3.8, 4) is 0 Å². The number of nitrogens with zero attached hydrogens (tertiary/aromatic N) is 2. The van der Waals surface area contributed by atoms with Crippen molar-refractivity contribution < 1.29 is 23.9 Å². The Morgan fingerprint density at radius 2 is 2.00 bits per heavy atom. The molecule has 0 radical (unpaired) electrons. The van der Waals surface area contributed by atoms with Crippen molar-refractivity contribution in [2.75, 3.05) is 39.4 Å². The SMILES string of the molecule is CCOC(=O)[C@@]1(CCCc2ccccc2)CCCN(C(=O)CN2CCOC2=O)C1. The molecule has 158 valence electrons. The highest BCUT2D eigenvalue weighted by Gasteiger charge is 2.44. The molecule has 2 aliphatic rings. The van der Waals surface area contributed by atoms with Gasteiger partial charge < -0.3 is 14.4 Å². The third-order valence-corrected chi connectivity index (χ3v) is 5.77. The molecule has 1 aromatic rings. The summed E-state index contributed by atoms with van der Waals surface area (Å²) in [5.41, 5.74) is 0.562. The fraction of sp³-hybridized carbons (Fsp3) is 0.591. The van der Waals surface area contributed by atoms with Gasteiger partial charge in [0.1, 0.15) is 13.2 Å². The minimum atomic E-state index is -0.676. The van der Waals surface area contributed by atoms with Gasteiger partial charge in [0, 0.05) is 13.1 Å². The molecule has 0 unspecified atom stereocenters. The maximum atomic E-state index is 12.9. The van der Waals surface area contributed by atoms with Crippen LogP contribution < -0.4 is 0 Å². The normalized spacial score (nSPS) is 21.8. The lowest BCUT2D eigenvalue weighted by Crippen LogP contribution is -2.52. The lowest BCUT2D eigenvalue weighted by atomic mass is 9.75. The monoisotopic (exact) mass is 402 g/mol. The number of carbonyl (C=O) groups is 3. The Balaban J connectivity index is 1.65. The van der Waals surface area contributed by atoms with Crippen molar-refractivity contribution in [1.82, 2.24) is 9.80 Å². The zero-order valence-electron chi connectivity index (χ0n) is 17.1. The summed E-state index contributed by atoms with van der Waals surface area (Å²) in [5, 5.41) is 0. The number of cyclic esters (lactones) is 1. The summed E-state index contributed by atoms with van der Waals surface area (Å²) in [4.78, 5) is 40.5. The summed E-state index contributed by atoms with van der Waals surface area (Å²) in [6, 6.07) is 10.2. The molecule has 1 aromatic carbocycles. The van der Waals surface area contributed by atoms with E-state index < -0.39 is 11.5 Å². The van der Waals surface area contributed by atoms with Crippen molar-refractivity contribution >= 4 is 18.0 Å². The van der Waals surface area contributed by atoms with Crippen LogP contribution in [0.1, 0.15) is 38.2 Å². The van der Waals surface area contributed by atoms with Gasteiger partial charge in [-0.05, 0) is 44.6 Å². The van der Waals surface area contributed by atoms with E-state index in [9.17, 15) is 14.4 Å². The van der Waals surface area contributed by atoms with E-state index >= 15 is 0 Å². The Morgan fingerprint density at radius 3 is 2.69 bits per heavy atom. The van der Waals surface area contributed by atoms with E-state index in [2.05, 4.69) is 12.1 Å². The predicted octanol–water partition coefficient (Wildman–Crippen LogP) is 2.63. The lowest BCUT2D eigenvalue weighted by Gasteiger charge is -2.41. The number of ether oxygens (including phenoxy) is 2. The van der Waals surface area contributed by atoms with Crippen LogP contribution in [0.2, 0.25) is 0 Å². The highest BCUT2D eigenvalue weighted by molar-refractivity contribution is 5.84. The number of benzene rings is 1. The molecule has 0 aliphatic carbocycles.